The highest BCUT2D eigenvalue weighted by Crippen LogP contribution is 2.13. The molecule has 84 valence electrons. The number of furan rings is 1. The zero-order valence-corrected chi connectivity index (χ0v) is 9.41. The first kappa shape index (κ1) is 12.1. The Morgan fingerprint density at radius 3 is 2.67 bits per heavy atom. The van der Waals surface area contributed by atoms with E-state index in [1.807, 2.05) is 13.8 Å². The van der Waals surface area contributed by atoms with Gasteiger partial charge in [0.15, 0.2) is 11.0 Å². The Balaban J connectivity index is 2.62. The third kappa shape index (κ3) is 3.25. The summed E-state index contributed by atoms with van der Waals surface area (Å²) in [5.74, 6) is -0.0573. The number of rotatable bonds is 4. The van der Waals surface area contributed by atoms with Gasteiger partial charge in [-0.15, -0.1) is 0 Å². The zero-order valence-electron chi connectivity index (χ0n) is 8.66. The monoisotopic (exact) mass is 231 g/mol. The minimum Gasteiger partial charge on any atom is -0.440 e. The first-order valence-corrected chi connectivity index (χ1v) is 5.09. The van der Waals surface area contributed by atoms with Crippen LogP contribution >= 0.6 is 11.6 Å². The van der Waals surface area contributed by atoms with Crippen molar-refractivity contribution >= 4 is 17.5 Å². The summed E-state index contributed by atoms with van der Waals surface area (Å²) in [5, 5.41) is 11.9. The molecule has 2 N–H and O–H groups in total. The van der Waals surface area contributed by atoms with E-state index in [-0.39, 0.29) is 35.5 Å². The molecule has 1 aromatic heterocycles. The first-order valence-electron chi connectivity index (χ1n) is 4.71. The molecule has 1 amide bonds. The van der Waals surface area contributed by atoms with E-state index in [1.165, 1.54) is 12.1 Å². The molecule has 0 aliphatic carbocycles. The van der Waals surface area contributed by atoms with Crippen molar-refractivity contribution in [3.8, 4) is 0 Å². The Bertz CT molecular complexity index is 335. The summed E-state index contributed by atoms with van der Waals surface area (Å²) in [6, 6.07) is 2.72. The maximum absolute atomic E-state index is 11.6. The third-order valence-corrected chi connectivity index (χ3v) is 2.32. The standard InChI is InChI=1S/C10H14ClNO3/c1-6(2)7(5-13)12-10(14)8-3-4-9(11)15-8/h3-4,6-7,13H,5H2,1-2H3,(H,12,14). The summed E-state index contributed by atoms with van der Waals surface area (Å²) >= 11 is 5.54. The highest BCUT2D eigenvalue weighted by molar-refractivity contribution is 6.29. The molecular weight excluding hydrogens is 218 g/mol. The number of amides is 1. The van der Waals surface area contributed by atoms with Crippen LogP contribution in [0.3, 0.4) is 0 Å². The van der Waals surface area contributed by atoms with Crippen LogP contribution in [0.5, 0.6) is 0 Å². The van der Waals surface area contributed by atoms with Crippen LogP contribution in [0.4, 0.5) is 0 Å². The fraction of sp³-hybridized carbons (Fsp3) is 0.500. The maximum atomic E-state index is 11.6. The molecule has 4 nitrogen and oxygen atoms in total. The summed E-state index contributed by atoms with van der Waals surface area (Å²) in [5.41, 5.74) is 0. The Morgan fingerprint density at radius 2 is 2.27 bits per heavy atom. The Labute approximate surface area is 93.2 Å². The lowest BCUT2D eigenvalue weighted by Gasteiger charge is -2.18. The average Bonchev–Trinajstić information content (AvgIpc) is 2.60. The fourth-order valence-electron chi connectivity index (χ4n) is 1.10. The highest BCUT2D eigenvalue weighted by atomic mass is 35.5. The highest BCUT2D eigenvalue weighted by Gasteiger charge is 2.18. The molecule has 0 spiro atoms. The molecule has 1 aromatic rings. The number of aliphatic hydroxyl groups excluding tert-OH is 1. The molecule has 0 saturated heterocycles. The van der Waals surface area contributed by atoms with E-state index in [0.29, 0.717) is 0 Å². The Kier molecular flexibility index (Phi) is 4.17. The van der Waals surface area contributed by atoms with Gasteiger partial charge in [0.05, 0.1) is 12.6 Å². The largest absolute Gasteiger partial charge is 0.440 e. The SMILES string of the molecule is CC(C)C(CO)NC(=O)c1ccc(Cl)o1. The molecule has 0 bridgehead atoms. The lowest BCUT2D eigenvalue weighted by Crippen LogP contribution is -2.40. The van der Waals surface area contributed by atoms with Gasteiger partial charge in [-0.05, 0) is 29.7 Å². The van der Waals surface area contributed by atoms with Crippen LogP contribution in [-0.2, 0) is 0 Å². The first-order chi connectivity index (χ1) is 7.04. The molecule has 0 aliphatic rings. The number of carbonyl (C=O) groups is 1. The van der Waals surface area contributed by atoms with Gasteiger partial charge in [0.25, 0.3) is 5.91 Å². The van der Waals surface area contributed by atoms with Gasteiger partial charge in [-0.2, -0.15) is 0 Å². The van der Waals surface area contributed by atoms with Crippen molar-refractivity contribution in [1.29, 1.82) is 0 Å². The molecule has 1 unspecified atom stereocenters. The van der Waals surface area contributed by atoms with Crippen molar-refractivity contribution in [2.24, 2.45) is 5.92 Å². The van der Waals surface area contributed by atoms with Gasteiger partial charge in [-0.1, -0.05) is 13.8 Å². The summed E-state index contributed by atoms with van der Waals surface area (Å²) in [6.07, 6.45) is 0. The molecule has 15 heavy (non-hydrogen) atoms. The lowest BCUT2D eigenvalue weighted by atomic mass is 10.1. The molecule has 0 aromatic carbocycles. The van der Waals surface area contributed by atoms with Crippen LogP contribution in [0.25, 0.3) is 0 Å². The van der Waals surface area contributed by atoms with Gasteiger partial charge in [0.1, 0.15) is 0 Å². The summed E-state index contributed by atoms with van der Waals surface area (Å²) in [6.45, 7) is 3.73. The van der Waals surface area contributed by atoms with E-state index < -0.39 is 0 Å². The molecule has 0 aliphatic heterocycles. The summed E-state index contributed by atoms with van der Waals surface area (Å²) in [4.78, 5) is 11.6. The van der Waals surface area contributed by atoms with E-state index in [9.17, 15) is 4.79 Å². The second-order valence-electron chi connectivity index (χ2n) is 3.61. The predicted octanol–water partition coefficient (Wildman–Crippen LogP) is 1.68. The fourth-order valence-corrected chi connectivity index (χ4v) is 1.25. The maximum Gasteiger partial charge on any atom is 0.287 e. The number of hydrogen-bond donors (Lipinski definition) is 2. The third-order valence-electron chi connectivity index (χ3n) is 2.11. The van der Waals surface area contributed by atoms with Crippen LogP contribution < -0.4 is 5.32 Å². The number of hydrogen-bond acceptors (Lipinski definition) is 3. The Hall–Kier alpha value is -1.00. The van der Waals surface area contributed by atoms with Gasteiger partial charge in [0.2, 0.25) is 0 Å². The minimum absolute atomic E-state index is 0.0994. The van der Waals surface area contributed by atoms with Crippen molar-refractivity contribution in [2.75, 3.05) is 6.61 Å². The normalized spacial score (nSPS) is 12.9. The second kappa shape index (κ2) is 5.19. The van der Waals surface area contributed by atoms with Crippen LogP contribution in [0.15, 0.2) is 16.5 Å². The van der Waals surface area contributed by atoms with Gasteiger partial charge in [-0.3, -0.25) is 4.79 Å². The predicted molar refractivity (Wildman–Crippen MR) is 56.9 cm³/mol. The summed E-state index contributed by atoms with van der Waals surface area (Å²) < 4.78 is 4.94. The van der Waals surface area contributed by atoms with Crippen molar-refractivity contribution in [3.05, 3.63) is 23.1 Å². The van der Waals surface area contributed by atoms with E-state index >= 15 is 0 Å². The van der Waals surface area contributed by atoms with E-state index in [1.54, 1.807) is 0 Å². The lowest BCUT2D eigenvalue weighted by molar-refractivity contribution is 0.0869. The molecule has 5 heteroatoms. The van der Waals surface area contributed by atoms with Crippen LogP contribution in [0, 0.1) is 5.92 Å². The quantitative estimate of drug-likeness (QED) is 0.829. The van der Waals surface area contributed by atoms with Gasteiger partial charge in [0, 0.05) is 0 Å². The molecule has 1 rings (SSSR count). The minimum atomic E-state index is -0.366. The topological polar surface area (TPSA) is 62.5 Å². The molecule has 0 fully saturated rings. The van der Waals surface area contributed by atoms with Gasteiger partial charge in [-0.25, -0.2) is 0 Å². The van der Waals surface area contributed by atoms with Crippen molar-refractivity contribution in [3.63, 3.8) is 0 Å². The van der Waals surface area contributed by atoms with Crippen molar-refractivity contribution in [1.82, 2.24) is 5.32 Å². The number of nitrogens with one attached hydrogen (secondary N) is 1. The molecular formula is C10H14ClNO3. The number of aliphatic hydroxyl groups is 1. The smallest absolute Gasteiger partial charge is 0.287 e. The van der Waals surface area contributed by atoms with Crippen LogP contribution in [0.2, 0.25) is 5.22 Å². The summed E-state index contributed by atoms with van der Waals surface area (Å²) in [7, 11) is 0. The molecule has 1 atom stereocenters. The van der Waals surface area contributed by atoms with Gasteiger partial charge >= 0.3 is 0 Å². The van der Waals surface area contributed by atoms with Crippen LogP contribution in [-0.4, -0.2) is 23.7 Å². The average molecular weight is 232 g/mol. The van der Waals surface area contributed by atoms with E-state index in [4.69, 9.17) is 21.1 Å². The molecule has 1 heterocycles. The van der Waals surface area contributed by atoms with Crippen LogP contribution in [0.1, 0.15) is 24.4 Å². The van der Waals surface area contributed by atoms with E-state index in [0.717, 1.165) is 0 Å². The van der Waals surface area contributed by atoms with Gasteiger partial charge < -0.3 is 14.8 Å². The van der Waals surface area contributed by atoms with E-state index in [2.05, 4.69) is 5.32 Å². The van der Waals surface area contributed by atoms with Crippen molar-refractivity contribution in [2.45, 2.75) is 19.9 Å². The van der Waals surface area contributed by atoms with Crippen molar-refractivity contribution < 1.29 is 14.3 Å². The Morgan fingerprint density at radius 1 is 1.60 bits per heavy atom. The molecule has 0 radical (unpaired) electrons. The number of carbonyl (C=O) groups excluding carboxylic acids is 1. The number of halogens is 1. The zero-order chi connectivity index (χ0) is 11.4. The molecule has 0 saturated carbocycles. The second-order valence-corrected chi connectivity index (χ2v) is 3.98.